The van der Waals surface area contributed by atoms with E-state index in [2.05, 4.69) is 20.9 Å². The maximum atomic E-state index is 12.4. The van der Waals surface area contributed by atoms with E-state index < -0.39 is 0 Å². The van der Waals surface area contributed by atoms with Crippen LogP contribution in [0.4, 0.5) is 0 Å². The third-order valence-corrected chi connectivity index (χ3v) is 8.72. The van der Waals surface area contributed by atoms with E-state index in [1.165, 1.54) is 26.4 Å². The lowest BCUT2D eigenvalue weighted by molar-refractivity contribution is -0.115. The Hall–Kier alpha value is -4.21. The van der Waals surface area contributed by atoms with Crippen LogP contribution in [0.25, 0.3) is 10.7 Å². The molecule has 1 saturated heterocycles. The number of nitriles is 2. The van der Waals surface area contributed by atoms with Gasteiger partial charge in [0.1, 0.15) is 23.3 Å². The molecule has 0 bridgehead atoms. The fourth-order valence-electron chi connectivity index (χ4n) is 5.84. The highest BCUT2D eigenvalue weighted by molar-refractivity contribution is 6.52. The Morgan fingerprint density at radius 1 is 0.850 bits per heavy atom. The van der Waals surface area contributed by atoms with Crippen LogP contribution >= 0.6 is 11.6 Å². The molecule has 0 radical (unpaired) electrons. The SMILES string of the molecule is COc1cc2c(cn1)CC(=O)C(C#N)=C2Cl.COc1cc2c(cn1)CC(=O)C(C#N)=C2N1CCC2(CCC2)CC1. The summed E-state index contributed by atoms with van der Waals surface area (Å²) in [5.74, 6) is 0.553. The van der Waals surface area contributed by atoms with Crippen molar-refractivity contribution in [2.45, 2.75) is 44.9 Å². The summed E-state index contributed by atoms with van der Waals surface area (Å²) >= 11 is 5.99. The lowest BCUT2D eigenvalue weighted by atomic mass is 9.63. The van der Waals surface area contributed by atoms with Gasteiger partial charge in [0.2, 0.25) is 11.8 Å². The molecule has 0 atom stereocenters. The topological polar surface area (TPSA) is 129 Å². The molecule has 1 spiro atoms. The van der Waals surface area contributed by atoms with Gasteiger partial charge in [-0.15, -0.1) is 0 Å². The van der Waals surface area contributed by atoms with Gasteiger partial charge in [-0.2, -0.15) is 10.5 Å². The number of ether oxygens (including phenoxy) is 2. The molecule has 3 aliphatic carbocycles. The van der Waals surface area contributed by atoms with Gasteiger partial charge in [0, 0.05) is 61.6 Å². The number of fused-ring (bicyclic) bond motifs is 2. The molecule has 4 aliphatic rings. The molecule has 9 nitrogen and oxygen atoms in total. The monoisotopic (exact) mass is 557 g/mol. The van der Waals surface area contributed by atoms with Crippen molar-refractivity contribution in [3.05, 3.63) is 57.9 Å². The zero-order chi connectivity index (χ0) is 28.4. The van der Waals surface area contributed by atoms with Crippen LogP contribution in [0.15, 0.2) is 35.7 Å². The molecule has 10 heteroatoms. The highest BCUT2D eigenvalue weighted by Crippen LogP contribution is 2.50. The van der Waals surface area contributed by atoms with Gasteiger partial charge in [-0.3, -0.25) is 9.59 Å². The summed E-state index contributed by atoms with van der Waals surface area (Å²) in [5, 5.41) is 18.6. The number of aromatic nitrogens is 2. The van der Waals surface area contributed by atoms with E-state index in [4.69, 9.17) is 26.3 Å². The number of allylic oxidation sites excluding steroid dienone is 2. The van der Waals surface area contributed by atoms with Crippen LogP contribution in [0.5, 0.6) is 11.8 Å². The summed E-state index contributed by atoms with van der Waals surface area (Å²) in [6.07, 6.45) is 9.97. The van der Waals surface area contributed by atoms with Gasteiger partial charge in [-0.25, -0.2) is 9.97 Å². The van der Waals surface area contributed by atoms with Crippen molar-refractivity contribution < 1.29 is 19.1 Å². The number of rotatable bonds is 3. The van der Waals surface area contributed by atoms with Crippen LogP contribution < -0.4 is 9.47 Å². The zero-order valence-electron chi connectivity index (χ0n) is 22.4. The second-order valence-electron chi connectivity index (χ2n) is 10.4. The lowest BCUT2D eigenvalue weighted by Crippen LogP contribution is -2.43. The van der Waals surface area contributed by atoms with Crippen molar-refractivity contribution in [2.24, 2.45) is 5.41 Å². The quantitative estimate of drug-likeness (QED) is 0.538. The molecule has 1 aliphatic heterocycles. The number of hydrogen-bond donors (Lipinski definition) is 0. The van der Waals surface area contributed by atoms with E-state index in [1.54, 1.807) is 25.6 Å². The van der Waals surface area contributed by atoms with E-state index in [-0.39, 0.29) is 35.0 Å². The number of Topliss-reactive ketones (excluding diaryl/α,β-unsaturated/α-hetero) is 2. The minimum absolute atomic E-state index is 0.00224. The van der Waals surface area contributed by atoms with Gasteiger partial charge in [0.05, 0.1) is 24.9 Å². The summed E-state index contributed by atoms with van der Waals surface area (Å²) in [7, 11) is 3.07. The summed E-state index contributed by atoms with van der Waals surface area (Å²) < 4.78 is 10.2. The van der Waals surface area contributed by atoms with Crippen LogP contribution in [-0.2, 0) is 22.4 Å². The van der Waals surface area contributed by atoms with Crippen LogP contribution in [-0.4, -0.2) is 53.7 Å². The Labute approximate surface area is 237 Å². The number of halogens is 1. The normalized spacial score (nSPS) is 19.0. The molecule has 6 rings (SSSR count). The van der Waals surface area contributed by atoms with Gasteiger partial charge in [0.15, 0.2) is 11.6 Å². The molecule has 3 heterocycles. The minimum Gasteiger partial charge on any atom is -0.481 e. The van der Waals surface area contributed by atoms with Gasteiger partial charge >= 0.3 is 0 Å². The largest absolute Gasteiger partial charge is 0.481 e. The first-order valence-electron chi connectivity index (χ1n) is 13.1. The van der Waals surface area contributed by atoms with Crippen molar-refractivity contribution in [3.8, 4) is 23.9 Å². The molecule has 2 aromatic heterocycles. The predicted molar refractivity (Wildman–Crippen MR) is 147 cm³/mol. The summed E-state index contributed by atoms with van der Waals surface area (Å²) in [6.45, 7) is 1.83. The summed E-state index contributed by atoms with van der Waals surface area (Å²) in [6, 6.07) is 7.46. The number of methoxy groups -OCH3 is 2. The highest BCUT2D eigenvalue weighted by atomic mass is 35.5. The van der Waals surface area contributed by atoms with Crippen molar-refractivity contribution >= 4 is 33.9 Å². The molecule has 2 fully saturated rings. The van der Waals surface area contributed by atoms with E-state index in [1.807, 2.05) is 12.1 Å². The molecule has 1 saturated carbocycles. The zero-order valence-corrected chi connectivity index (χ0v) is 23.2. The number of hydrogen-bond acceptors (Lipinski definition) is 9. The van der Waals surface area contributed by atoms with Crippen LogP contribution in [0.1, 0.15) is 54.4 Å². The molecular formula is C30H28ClN5O4. The Kier molecular flexibility index (Phi) is 7.60. The number of pyridine rings is 2. The Bertz CT molecular complexity index is 1530. The molecule has 2 aromatic rings. The second-order valence-corrected chi connectivity index (χ2v) is 10.8. The third kappa shape index (κ3) is 4.94. The fraction of sp³-hybridized carbons (Fsp3) is 0.400. The summed E-state index contributed by atoms with van der Waals surface area (Å²) in [5.41, 5.74) is 4.79. The third-order valence-electron chi connectivity index (χ3n) is 8.33. The fourth-order valence-corrected chi connectivity index (χ4v) is 6.17. The highest BCUT2D eigenvalue weighted by Gasteiger charge is 2.41. The maximum absolute atomic E-state index is 12.4. The number of ketones is 2. The molecule has 0 amide bonds. The number of piperidine rings is 1. The number of nitrogens with zero attached hydrogens (tertiary/aromatic N) is 5. The minimum atomic E-state index is -0.271. The lowest BCUT2D eigenvalue weighted by Gasteiger charge is -2.49. The molecule has 40 heavy (non-hydrogen) atoms. The first-order valence-corrected chi connectivity index (χ1v) is 13.5. The van der Waals surface area contributed by atoms with Crippen molar-refractivity contribution in [1.82, 2.24) is 14.9 Å². The van der Waals surface area contributed by atoms with E-state index in [0.717, 1.165) is 48.3 Å². The average molecular weight is 558 g/mol. The van der Waals surface area contributed by atoms with Crippen LogP contribution in [0.2, 0.25) is 0 Å². The smallest absolute Gasteiger partial charge is 0.213 e. The first kappa shape index (κ1) is 27.4. The van der Waals surface area contributed by atoms with E-state index >= 15 is 0 Å². The Morgan fingerprint density at radius 2 is 1.38 bits per heavy atom. The Balaban J connectivity index is 0.000000176. The first-order chi connectivity index (χ1) is 19.3. The van der Waals surface area contributed by atoms with Crippen molar-refractivity contribution in [3.63, 3.8) is 0 Å². The number of carbonyl (C=O) groups is 2. The van der Waals surface area contributed by atoms with Crippen LogP contribution in [0.3, 0.4) is 0 Å². The number of likely N-dealkylation sites (tertiary alicyclic amines) is 1. The standard InChI is InChI=1S/C19H21N3O2.C11H7ClN2O2/c1-24-17-10-14-13(12-21-17)9-16(23)15(11-20)18(14)22-7-5-19(6-8-22)3-2-4-19;1-16-10-3-7-6(5-14-10)2-9(15)8(4-13)11(7)12/h10,12H,2-9H2,1H3;3,5H,2H2,1H3. The van der Waals surface area contributed by atoms with E-state index in [9.17, 15) is 14.9 Å². The van der Waals surface area contributed by atoms with Crippen molar-refractivity contribution in [1.29, 1.82) is 10.5 Å². The molecule has 0 N–H and O–H groups in total. The average Bonchev–Trinajstić information content (AvgIpc) is 2.96. The van der Waals surface area contributed by atoms with E-state index in [0.29, 0.717) is 28.3 Å². The second kappa shape index (κ2) is 11.1. The molecule has 0 aromatic carbocycles. The molecular weight excluding hydrogens is 530 g/mol. The predicted octanol–water partition coefficient (Wildman–Crippen LogP) is 4.41. The van der Waals surface area contributed by atoms with Gasteiger partial charge in [-0.1, -0.05) is 18.0 Å². The van der Waals surface area contributed by atoms with Gasteiger partial charge in [0.25, 0.3) is 0 Å². The van der Waals surface area contributed by atoms with Crippen LogP contribution in [0, 0.1) is 28.1 Å². The van der Waals surface area contributed by atoms with Crippen molar-refractivity contribution in [2.75, 3.05) is 27.3 Å². The molecule has 0 unspecified atom stereocenters. The Morgan fingerprint density at radius 3 is 1.88 bits per heavy atom. The van der Waals surface area contributed by atoms with Gasteiger partial charge in [-0.05, 0) is 42.2 Å². The molecule has 204 valence electrons. The summed E-state index contributed by atoms with van der Waals surface area (Å²) in [4.78, 5) is 34.4. The maximum Gasteiger partial charge on any atom is 0.213 e. The number of carbonyl (C=O) groups excluding carboxylic acids is 2. The van der Waals surface area contributed by atoms with Gasteiger partial charge < -0.3 is 14.4 Å².